The molecule has 0 heterocycles. The van der Waals surface area contributed by atoms with Gasteiger partial charge in [-0.05, 0) is 56.7 Å². The summed E-state index contributed by atoms with van der Waals surface area (Å²) in [6, 6.07) is 6.34. The monoisotopic (exact) mass is 218 g/mol. The molecule has 0 atom stereocenters. The van der Waals surface area contributed by atoms with Gasteiger partial charge in [0.1, 0.15) is 5.75 Å². The number of benzene rings is 1. The van der Waals surface area contributed by atoms with Gasteiger partial charge in [-0.1, -0.05) is 25.0 Å². The van der Waals surface area contributed by atoms with E-state index in [9.17, 15) is 0 Å². The number of rotatable bonds is 2. The Bertz CT molecular complexity index is 335. The molecule has 1 nitrogen and oxygen atoms in total. The Morgan fingerprint density at radius 1 is 1.00 bits per heavy atom. The van der Waals surface area contributed by atoms with Crippen LogP contribution in [0.1, 0.15) is 49.7 Å². The van der Waals surface area contributed by atoms with Crippen LogP contribution in [0.25, 0.3) is 0 Å². The molecule has 1 aromatic rings. The summed E-state index contributed by atoms with van der Waals surface area (Å²) in [5.74, 6) is 1.09. The van der Waals surface area contributed by atoms with Gasteiger partial charge in [-0.2, -0.15) is 0 Å². The Morgan fingerprint density at radius 2 is 1.69 bits per heavy atom. The van der Waals surface area contributed by atoms with E-state index in [1.807, 2.05) is 0 Å². The van der Waals surface area contributed by atoms with E-state index in [1.54, 1.807) is 0 Å². The van der Waals surface area contributed by atoms with Crippen LogP contribution < -0.4 is 4.74 Å². The summed E-state index contributed by atoms with van der Waals surface area (Å²) in [5, 5.41) is 0. The van der Waals surface area contributed by atoms with Crippen LogP contribution in [0.15, 0.2) is 18.2 Å². The predicted molar refractivity (Wildman–Crippen MR) is 68.0 cm³/mol. The van der Waals surface area contributed by atoms with Crippen LogP contribution in [0.2, 0.25) is 0 Å². The molecule has 1 aliphatic carbocycles. The average molecular weight is 218 g/mol. The van der Waals surface area contributed by atoms with Gasteiger partial charge in [-0.15, -0.1) is 0 Å². The van der Waals surface area contributed by atoms with Crippen LogP contribution in [0.5, 0.6) is 5.75 Å². The topological polar surface area (TPSA) is 9.23 Å². The molecule has 0 spiro atoms. The molecule has 1 fully saturated rings. The molecule has 0 bridgehead atoms. The van der Waals surface area contributed by atoms with Gasteiger partial charge in [0.05, 0.1) is 6.10 Å². The minimum atomic E-state index is 0.447. The van der Waals surface area contributed by atoms with Crippen LogP contribution in [0.4, 0.5) is 0 Å². The second-order valence-electron chi connectivity index (χ2n) is 4.93. The lowest BCUT2D eigenvalue weighted by Gasteiger charge is -2.19. The van der Waals surface area contributed by atoms with Crippen LogP contribution in [0.3, 0.4) is 0 Å². The Hall–Kier alpha value is -0.980. The molecule has 0 N–H and O–H groups in total. The van der Waals surface area contributed by atoms with Crippen LogP contribution in [0, 0.1) is 13.8 Å². The summed E-state index contributed by atoms with van der Waals surface area (Å²) >= 11 is 0. The summed E-state index contributed by atoms with van der Waals surface area (Å²) in [6.45, 7) is 4.30. The van der Waals surface area contributed by atoms with E-state index in [0.29, 0.717) is 6.10 Å². The zero-order valence-corrected chi connectivity index (χ0v) is 10.5. The van der Waals surface area contributed by atoms with E-state index in [-0.39, 0.29) is 0 Å². The molecule has 0 aromatic heterocycles. The number of hydrogen-bond donors (Lipinski definition) is 0. The SMILES string of the molecule is Cc1cccc(OC2CCCCCC2)c1C. The minimum Gasteiger partial charge on any atom is -0.490 e. The van der Waals surface area contributed by atoms with E-state index >= 15 is 0 Å². The highest BCUT2D eigenvalue weighted by molar-refractivity contribution is 5.38. The molecule has 0 saturated heterocycles. The maximum Gasteiger partial charge on any atom is 0.122 e. The van der Waals surface area contributed by atoms with Crippen LogP contribution in [-0.2, 0) is 0 Å². The fraction of sp³-hybridized carbons (Fsp3) is 0.600. The molecule has 1 aliphatic rings. The molecular weight excluding hydrogens is 196 g/mol. The van der Waals surface area contributed by atoms with Gasteiger partial charge in [0.15, 0.2) is 0 Å². The highest BCUT2D eigenvalue weighted by Gasteiger charge is 2.14. The second kappa shape index (κ2) is 5.38. The van der Waals surface area contributed by atoms with Crippen molar-refractivity contribution in [3.63, 3.8) is 0 Å². The lowest BCUT2D eigenvalue weighted by Crippen LogP contribution is -2.15. The lowest BCUT2D eigenvalue weighted by molar-refractivity contribution is 0.182. The summed E-state index contributed by atoms with van der Waals surface area (Å²) in [4.78, 5) is 0. The van der Waals surface area contributed by atoms with E-state index in [1.165, 1.54) is 49.7 Å². The molecule has 0 amide bonds. The summed E-state index contributed by atoms with van der Waals surface area (Å²) in [5.41, 5.74) is 2.62. The first-order chi connectivity index (χ1) is 7.77. The highest BCUT2D eigenvalue weighted by atomic mass is 16.5. The van der Waals surface area contributed by atoms with Gasteiger partial charge in [0.2, 0.25) is 0 Å². The highest BCUT2D eigenvalue weighted by Crippen LogP contribution is 2.26. The van der Waals surface area contributed by atoms with Gasteiger partial charge in [0.25, 0.3) is 0 Å². The maximum absolute atomic E-state index is 6.15. The zero-order valence-electron chi connectivity index (χ0n) is 10.5. The van der Waals surface area contributed by atoms with Crippen LogP contribution in [-0.4, -0.2) is 6.10 Å². The third kappa shape index (κ3) is 2.78. The first kappa shape index (κ1) is 11.5. The number of hydrogen-bond acceptors (Lipinski definition) is 1. The first-order valence-corrected chi connectivity index (χ1v) is 6.50. The summed E-state index contributed by atoms with van der Waals surface area (Å²) in [6.07, 6.45) is 8.33. The molecule has 0 aliphatic heterocycles. The fourth-order valence-electron chi connectivity index (χ4n) is 2.39. The van der Waals surface area contributed by atoms with Crippen molar-refractivity contribution in [1.29, 1.82) is 0 Å². The normalized spacial score (nSPS) is 18.1. The zero-order chi connectivity index (χ0) is 11.4. The molecular formula is C15H22O. The summed E-state index contributed by atoms with van der Waals surface area (Å²) < 4.78 is 6.15. The largest absolute Gasteiger partial charge is 0.490 e. The number of ether oxygens (including phenoxy) is 1. The van der Waals surface area contributed by atoms with Crippen molar-refractivity contribution >= 4 is 0 Å². The van der Waals surface area contributed by atoms with Crippen molar-refractivity contribution in [2.24, 2.45) is 0 Å². The smallest absolute Gasteiger partial charge is 0.122 e. The molecule has 2 rings (SSSR count). The molecule has 0 radical (unpaired) electrons. The lowest BCUT2D eigenvalue weighted by atomic mass is 10.1. The third-order valence-corrected chi connectivity index (χ3v) is 3.65. The molecule has 1 saturated carbocycles. The van der Waals surface area contributed by atoms with Gasteiger partial charge in [0, 0.05) is 0 Å². The molecule has 1 aromatic carbocycles. The Labute approximate surface area is 98.8 Å². The summed E-state index contributed by atoms with van der Waals surface area (Å²) in [7, 11) is 0. The minimum absolute atomic E-state index is 0.447. The van der Waals surface area contributed by atoms with E-state index < -0.39 is 0 Å². The van der Waals surface area contributed by atoms with Crippen LogP contribution >= 0.6 is 0 Å². The maximum atomic E-state index is 6.15. The van der Waals surface area contributed by atoms with Crippen molar-refractivity contribution in [1.82, 2.24) is 0 Å². The average Bonchev–Trinajstić information content (AvgIpc) is 2.53. The second-order valence-corrected chi connectivity index (χ2v) is 4.93. The van der Waals surface area contributed by atoms with Gasteiger partial charge < -0.3 is 4.74 Å². The third-order valence-electron chi connectivity index (χ3n) is 3.65. The quantitative estimate of drug-likeness (QED) is 0.668. The standard InChI is InChI=1S/C15H22O/c1-12-8-7-11-15(13(12)2)16-14-9-5-3-4-6-10-14/h7-8,11,14H,3-6,9-10H2,1-2H3. The van der Waals surface area contributed by atoms with Crippen molar-refractivity contribution in [3.8, 4) is 5.75 Å². The Morgan fingerprint density at radius 3 is 2.38 bits per heavy atom. The molecule has 88 valence electrons. The fourth-order valence-corrected chi connectivity index (χ4v) is 2.39. The Balaban J connectivity index is 2.04. The number of aryl methyl sites for hydroxylation is 1. The predicted octanol–water partition coefficient (Wildman–Crippen LogP) is 4.41. The van der Waals surface area contributed by atoms with Gasteiger partial charge in [-0.25, -0.2) is 0 Å². The molecule has 1 heteroatoms. The first-order valence-electron chi connectivity index (χ1n) is 6.50. The van der Waals surface area contributed by atoms with Crippen molar-refractivity contribution in [3.05, 3.63) is 29.3 Å². The van der Waals surface area contributed by atoms with Crippen molar-refractivity contribution in [2.45, 2.75) is 58.5 Å². The van der Waals surface area contributed by atoms with E-state index in [0.717, 1.165) is 5.75 Å². The molecule has 16 heavy (non-hydrogen) atoms. The van der Waals surface area contributed by atoms with E-state index in [4.69, 9.17) is 4.74 Å². The Kier molecular flexibility index (Phi) is 3.87. The van der Waals surface area contributed by atoms with Crippen molar-refractivity contribution < 1.29 is 4.74 Å². The molecule has 0 unspecified atom stereocenters. The van der Waals surface area contributed by atoms with E-state index in [2.05, 4.69) is 32.0 Å². The van der Waals surface area contributed by atoms with Gasteiger partial charge in [-0.3, -0.25) is 0 Å². The van der Waals surface area contributed by atoms with Crippen molar-refractivity contribution in [2.75, 3.05) is 0 Å². The van der Waals surface area contributed by atoms with Gasteiger partial charge >= 0.3 is 0 Å².